The Morgan fingerprint density at radius 1 is 0.921 bits per heavy atom. The van der Waals surface area contributed by atoms with E-state index in [1.165, 1.54) is 12.1 Å². The maximum absolute atomic E-state index is 13.6. The molecule has 2 amide bonds. The van der Waals surface area contributed by atoms with Gasteiger partial charge in [0.25, 0.3) is 0 Å². The fourth-order valence-corrected chi connectivity index (χ4v) is 4.01. The highest BCUT2D eigenvalue weighted by Gasteiger charge is 2.30. The third-order valence-electron chi connectivity index (χ3n) is 6.40. The molecule has 0 saturated heterocycles. The average Bonchev–Trinajstić information content (AvgIpc) is 2.94. The third-order valence-corrected chi connectivity index (χ3v) is 6.40. The van der Waals surface area contributed by atoms with Gasteiger partial charge in [-0.15, -0.1) is 0 Å². The van der Waals surface area contributed by atoms with E-state index in [-0.39, 0.29) is 36.6 Å². The molecule has 7 heteroatoms. The predicted octanol–water partition coefficient (Wildman–Crippen LogP) is 5.55. The number of nitrogens with one attached hydrogen (secondary N) is 1. The summed E-state index contributed by atoms with van der Waals surface area (Å²) in [5.41, 5.74) is 1.71. The summed E-state index contributed by atoms with van der Waals surface area (Å²) in [4.78, 5) is 28.7. The molecule has 2 unspecified atom stereocenters. The summed E-state index contributed by atoms with van der Waals surface area (Å²) in [6.45, 7) is 4.50. The lowest BCUT2D eigenvalue weighted by Gasteiger charge is -2.32. The van der Waals surface area contributed by atoms with Gasteiger partial charge < -0.3 is 19.7 Å². The highest BCUT2D eigenvalue weighted by Crippen LogP contribution is 2.19. The highest BCUT2D eigenvalue weighted by molar-refractivity contribution is 5.88. The molecule has 0 bridgehead atoms. The van der Waals surface area contributed by atoms with Crippen molar-refractivity contribution in [1.82, 2.24) is 10.2 Å². The van der Waals surface area contributed by atoms with Crippen molar-refractivity contribution in [3.05, 3.63) is 95.8 Å². The van der Waals surface area contributed by atoms with Crippen LogP contribution in [-0.4, -0.2) is 42.5 Å². The lowest BCUT2D eigenvalue weighted by Crippen LogP contribution is -2.52. The smallest absolute Gasteiger partial charge is 0.243 e. The molecule has 0 aliphatic rings. The summed E-state index contributed by atoms with van der Waals surface area (Å²) < 4.78 is 24.5. The predicted molar refractivity (Wildman–Crippen MR) is 147 cm³/mol. The van der Waals surface area contributed by atoms with E-state index < -0.39 is 6.04 Å². The van der Waals surface area contributed by atoms with Crippen molar-refractivity contribution < 1.29 is 23.5 Å². The van der Waals surface area contributed by atoms with E-state index in [4.69, 9.17) is 9.47 Å². The van der Waals surface area contributed by atoms with Gasteiger partial charge in [-0.3, -0.25) is 9.59 Å². The molecule has 38 heavy (non-hydrogen) atoms. The van der Waals surface area contributed by atoms with Gasteiger partial charge in [0.15, 0.2) is 0 Å². The van der Waals surface area contributed by atoms with Crippen LogP contribution in [0.3, 0.4) is 0 Å². The number of methoxy groups -OCH3 is 1. The quantitative estimate of drug-likeness (QED) is 0.283. The van der Waals surface area contributed by atoms with Crippen molar-refractivity contribution in [3.63, 3.8) is 0 Å². The van der Waals surface area contributed by atoms with E-state index in [2.05, 4.69) is 5.32 Å². The van der Waals surface area contributed by atoms with Crippen molar-refractivity contribution in [1.29, 1.82) is 0 Å². The lowest BCUT2D eigenvalue weighted by molar-refractivity contribution is -0.141. The molecule has 1 N–H and O–H groups in total. The van der Waals surface area contributed by atoms with E-state index in [9.17, 15) is 14.0 Å². The number of hydrogen-bond donors (Lipinski definition) is 1. The van der Waals surface area contributed by atoms with Crippen LogP contribution >= 0.6 is 0 Å². The fourth-order valence-electron chi connectivity index (χ4n) is 4.01. The molecule has 0 heterocycles. The van der Waals surface area contributed by atoms with Crippen molar-refractivity contribution in [2.75, 3.05) is 13.7 Å². The number of benzene rings is 3. The second kappa shape index (κ2) is 14.8. The second-order valence-electron chi connectivity index (χ2n) is 9.30. The van der Waals surface area contributed by atoms with E-state index in [1.807, 2.05) is 68.4 Å². The Kier molecular flexibility index (Phi) is 11.1. The Hall–Kier alpha value is -3.87. The van der Waals surface area contributed by atoms with Crippen molar-refractivity contribution in [2.24, 2.45) is 0 Å². The van der Waals surface area contributed by atoms with Crippen LogP contribution in [0.4, 0.5) is 4.39 Å². The van der Waals surface area contributed by atoms with E-state index in [0.29, 0.717) is 25.2 Å². The SMILES string of the molecule is CCC(C)NC(=O)C(Cc1ccccc1)N(Cc1ccc(F)cc1)C(=O)CCCOc1ccc(OC)cc1. The van der Waals surface area contributed by atoms with Crippen LogP contribution in [0.15, 0.2) is 78.9 Å². The maximum Gasteiger partial charge on any atom is 0.243 e. The van der Waals surface area contributed by atoms with Crippen LogP contribution < -0.4 is 14.8 Å². The average molecular weight is 521 g/mol. The summed E-state index contributed by atoms with van der Waals surface area (Å²) in [6, 6.07) is 22.2. The number of nitrogens with zero attached hydrogens (tertiary/aromatic N) is 1. The molecular formula is C31H37FN2O4. The standard InChI is InChI=1S/C31H37FN2O4/c1-4-23(2)33-31(36)29(21-24-9-6-5-7-10-24)34(22-25-12-14-26(32)15-13-25)30(35)11-8-20-38-28-18-16-27(37-3)17-19-28/h5-7,9-10,12-19,23,29H,4,8,11,20-22H2,1-3H3,(H,33,36). The fraction of sp³-hybridized carbons (Fsp3) is 0.355. The zero-order chi connectivity index (χ0) is 27.3. The molecule has 3 rings (SSSR count). The van der Waals surface area contributed by atoms with Crippen LogP contribution in [-0.2, 0) is 22.6 Å². The highest BCUT2D eigenvalue weighted by atomic mass is 19.1. The van der Waals surface area contributed by atoms with Crippen LogP contribution in [0.5, 0.6) is 11.5 Å². The number of ether oxygens (including phenoxy) is 2. The summed E-state index contributed by atoms with van der Waals surface area (Å²) in [5, 5.41) is 3.05. The monoisotopic (exact) mass is 520 g/mol. The van der Waals surface area contributed by atoms with Crippen molar-refractivity contribution in [3.8, 4) is 11.5 Å². The molecule has 0 saturated carbocycles. The summed E-state index contributed by atoms with van der Waals surface area (Å²) in [5.74, 6) is 0.721. The number of hydrogen-bond acceptors (Lipinski definition) is 4. The number of carbonyl (C=O) groups is 2. The Bertz CT molecular complexity index is 1140. The first-order valence-corrected chi connectivity index (χ1v) is 13.0. The Balaban J connectivity index is 1.77. The molecule has 6 nitrogen and oxygen atoms in total. The van der Waals surface area contributed by atoms with E-state index in [1.54, 1.807) is 24.1 Å². The number of halogens is 1. The van der Waals surface area contributed by atoms with Crippen LogP contribution in [0.2, 0.25) is 0 Å². The van der Waals surface area contributed by atoms with Gasteiger partial charge in [0.2, 0.25) is 11.8 Å². The zero-order valence-corrected chi connectivity index (χ0v) is 22.4. The molecule has 0 aromatic heterocycles. The van der Waals surface area contributed by atoms with Gasteiger partial charge in [0.1, 0.15) is 23.4 Å². The van der Waals surface area contributed by atoms with Gasteiger partial charge in [-0.25, -0.2) is 4.39 Å². The van der Waals surface area contributed by atoms with Crippen LogP contribution in [0.25, 0.3) is 0 Å². The van der Waals surface area contributed by atoms with Gasteiger partial charge in [-0.2, -0.15) is 0 Å². The Labute approximate surface area is 224 Å². The Morgan fingerprint density at radius 2 is 1.58 bits per heavy atom. The minimum atomic E-state index is -0.716. The molecule has 0 radical (unpaired) electrons. The number of amides is 2. The van der Waals surface area contributed by atoms with Crippen LogP contribution in [0.1, 0.15) is 44.2 Å². The van der Waals surface area contributed by atoms with Gasteiger partial charge >= 0.3 is 0 Å². The van der Waals surface area contributed by atoms with Crippen LogP contribution in [0, 0.1) is 5.82 Å². The molecule has 0 aliphatic heterocycles. The normalized spacial score (nSPS) is 12.3. The first-order chi connectivity index (χ1) is 18.4. The number of carbonyl (C=O) groups excluding carboxylic acids is 2. The zero-order valence-electron chi connectivity index (χ0n) is 22.4. The molecule has 0 aliphatic carbocycles. The molecule has 3 aromatic carbocycles. The first kappa shape index (κ1) is 28.7. The van der Waals surface area contributed by atoms with Gasteiger partial charge in [0.05, 0.1) is 13.7 Å². The number of rotatable bonds is 14. The van der Waals surface area contributed by atoms with Crippen molar-refractivity contribution in [2.45, 2.75) is 58.2 Å². The molecule has 0 fully saturated rings. The second-order valence-corrected chi connectivity index (χ2v) is 9.30. The van der Waals surface area contributed by atoms with Crippen molar-refractivity contribution >= 4 is 11.8 Å². The topological polar surface area (TPSA) is 67.9 Å². The third kappa shape index (κ3) is 8.91. The minimum absolute atomic E-state index is 0.0264. The molecule has 0 spiro atoms. The molecule has 202 valence electrons. The molecular weight excluding hydrogens is 483 g/mol. The first-order valence-electron chi connectivity index (χ1n) is 13.0. The van der Waals surface area contributed by atoms with Gasteiger partial charge in [0, 0.05) is 25.4 Å². The summed E-state index contributed by atoms with van der Waals surface area (Å²) in [7, 11) is 1.60. The summed E-state index contributed by atoms with van der Waals surface area (Å²) in [6.07, 6.45) is 1.84. The maximum atomic E-state index is 13.6. The molecule has 3 aromatic rings. The van der Waals surface area contributed by atoms with Gasteiger partial charge in [-0.1, -0.05) is 49.4 Å². The van der Waals surface area contributed by atoms with E-state index in [0.717, 1.165) is 23.3 Å². The minimum Gasteiger partial charge on any atom is -0.497 e. The van der Waals surface area contributed by atoms with Gasteiger partial charge in [-0.05, 0) is 67.3 Å². The largest absolute Gasteiger partial charge is 0.497 e. The molecule has 2 atom stereocenters. The van der Waals surface area contributed by atoms with E-state index >= 15 is 0 Å². The summed E-state index contributed by atoms with van der Waals surface area (Å²) >= 11 is 0. The Morgan fingerprint density at radius 3 is 2.21 bits per heavy atom. The lowest BCUT2D eigenvalue weighted by atomic mass is 10.0.